The Morgan fingerprint density at radius 3 is 2.71 bits per heavy atom. The van der Waals surface area contributed by atoms with Gasteiger partial charge in [-0.2, -0.15) is 10.4 Å². The quantitative estimate of drug-likeness (QED) is 0.527. The maximum absolute atomic E-state index is 15.2. The molecule has 11 heteroatoms. The highest BCUT2D eigenvalue weighted by atomic mass is 35.5. The van der Waals surface area contributed by atoms with Gasteiger partial charge in [0.15, 0.2) is 0 Å². The Balaban J connectivity index is 1.67. The van der Waals surface area contributed by atoms with Gasteiger partial charge < -0.3 is 20.5 Å². The Hall–Kier alpha value is -3.42. The molecule has 2 aromatic heterocycles. The van der Waals surface area contributed by atoms with Crippen molar-refractivity contribution in [3.05, 3.63) is 40.9 Å². The zero-order chi connectivity index (χ0) is 24.6. The Morgan fingerprint density at radius 1 is 1.38 bits per heavy atom. The van der Waals surface area contributed by atoms with E-state index in [1.54, 1.807) is 32.2 Å². The van der Waals surface area contributed by atoms with E-state index in [1.165, 1.54) is 10.7 Å². The number of nitriles is 1. The zero-order valence-electron chi connectivity index (χ0n) is 18.8. The third-order valence-electron chi connectivity index (χ3n) is 5.67. The van der Waals surface area contributed by atoms with Crippen LogP contribution in [0, 0.1) is 17.1 Å². The topological polar surface area (TPSA) is 130 Å². The monoisotopic (exact) mass is 486 g/mol. The lowest BCUT2D eigenvalue weighted by atomic mass is 10.00. The van der Waals surface area contributed by atoms with Crippen molar-refractivity contribution in [2.24, 2.45) is 5.73 Å². The number of halogens is 2. The number of benzene rings is 1. The number of ether oxygens (including phenoxy) is 1. The van der Waals surface area contributed by atoms with E-state index in [1.807, 2.05) is 4.90 Å². The van der Waals surface area contributed by atoms with Crippen LogP contribution in [0.3, 0.4) is 0 Å². The van der Waals surface area contributed by atoms with E-state index in [0.29, 0.717) is 42.7 Å². The first-order valence-electron chi connectivity index (χ1n) is 10.7. The highest BCUT2D eigenvalue weighted by molar-refractivity contribution is 6.32. The van der Waals surface area contributed by atoms with Gasteiger partial charge in [-0.25, -0.2) is 14.2 Å². The standard InChI is InChI=1S/C23H24ClFN6O3/c1-23(2,33)12-31-18-9-17(25)16(7-14(18)11-28-31)20-13(10-26)8-19(29-21(20)24)30-5-3-15(4-6-30)34-22(27)32/h7-9,11,15,33H,3-6,12H2,1-2H3,(H2,27,32). The van der Waals surface area contributed by atoms with Crippen LogP contribution in [0.2, 0.25) is 5.15 Å². The second-order valence-electron chi connectivity index (χ2n) is 8.93. The number of hydrogen-bond acceptors (Lipinski definition) is 7. The van der Waals surface area contributed by atoms with Gasteiger partial charge in [0.2, 0.25) is 0 Å². The number of anilines is 1. The summed E-state index contributed by atoms with van der Waals surface area (Å²) in [6.45, 7) is 4.55. The van der Waals surface area contributed by atoms with Crippen LogP contribution in [0.25, 0.3) is 22.0 Å². The lowest BCUT2D eigenvalue weighted by Crippen LogP contribution is -2.39. The van der Waals surface area contributed by atoms with Crippen molar-refractivity contribution in [2.75, 3.05) is 18.0 Å². The highest BCUT2D eigenvalue weighted by Gasteiger charge is 2.25. The molecule has 3 heterocycles. The summed E-state index contributed by atoms with van der Waals surface area (Å²) in [5.74, 6) is -0.0929. The van der Waals surface area contributed by atoms with Crippen LogP contribution in [0.15, 0.2) is 24.4 Å². The molecule has 3 N–H and O–H groups in total. The lowest BCUT2D eigenvalue weighted by Gasteiger charge is -2.32. The fourth-order valence-corrected chi connectivity index (χ4v) is 4.45. The van der Waals surface area contributed by atoms with Crippen molar-refractivity contribution in [3.8, 4) is 17.2 Å². The van der Waals surface area contributed by atoms with Crippen LogP contribution in [-0.4, -0.2) is 50.8 Å². The van der Waals surface area contributed by atoms with Crippen molar-refractivity contribution in [2.45, 2.75) is 44.9 Å². The number of primary amides is 1. The molecule has 0 atom stereocenters. The van der Waals surface area contributed by atoms with E-state index in [2.05, 4.69) is 16.2 Å². The van der Waals surface area contributed by atoms with Crippen molar-refractivity contribution in [1.29, 1.82) is 5.26 Å². The third kappa shape index (κ3) is 4.90. The van der Waals surface area contributed by atoms with Crippen molar-refractivity contribution >= 4 is 34.4 Å². The van der Waals surface area contributed by atoms with Crippen LogP contribution in [-0.2, 0) is 11.3 Å². The number of carbonyl (C=O) groups excluding carboxylic acids is 1. The molecule has 0 spiro atoms. The van der Waals surface area contributed by atoms with Crippen LogP contribution in [0.5, 0.6) is 0 Å². The van der Waals surface area contributed by atoms with Gasteiger partial charge in [-0.15, -0.1) is 0 Å². The number of carbonyl (C=O) groups is 1. The lowest BCUT2D eigenvalue weighted by molar-refractivity contribution is 0.0591. The molecule has 0 unspecified atom stereocenters. The van der Waals surface area contributed by atoms with Gasteiger partial charge in [-0.05, 0) is 26.0 Å². The molecule has 0 radical (unpaired) electrons. The number of pyridine rings is 1. The van der Waals surface area contributed by atoms with Crippen LogP contribution in [0.1, 0.15) is 32.3 Å². The Morgan fingerprint density at radius 2 is 2.09 bits per heavy atom. The number of fused-ring (bicyclic) bond motifs is 1. The molecule has 1 saturated heterocycles. The number of hydrogen-bond donors (Lipinski definition) is 2. The second kappa shape index (κ2) is 9.08. The zero-order valence-corrected chi connectivity index (χ0v) is 19.5. The first kappa shape index (κ1) is 23.7. The first-order valence-corrected chi connectivity index (χ1v) is 11.1. The number of nitrogens with zero attached hydrogens (tertiary/aromatic N) is 5. The molecule has 1 aliphatic rings. The number of piperidine rings is 1. The van der Waals surface area contributed by atoms with Gasteiger partial charge in [-0.3, -0.25) is 4.68 Å². The summed E-state index contributed by atoms with van der Waals surface area (Å²) in [7, 11) is 0. The number of nitrogens with two attached hydrogens (primary N) is 1. The largest absolute Gasteiger partial charge is 0.446 e. The van der Waals surface area contributed by atoms with Crippen molar-refractivity contribution in [3.63, 3.8) is 0 Å². The van der Waals surface area contributed by atoms with E-state index in [0.717, 1.165) is 0 Å². The number of rotatable bonds is 5. The molecule has 0 aliphatic carbocycles. The minimum absolute atomic E-state index is 0.00620. The number of amides is 1. The molecule has 178 valence electrons. The minimum atomic E-state index is -1.02. The normalized spacial score (nSPS) is 14.9. The average molecular weight is 487 g/mol. The Kier molecular flexibility index (Phi) is 6.34. The molecule has 9 nitrogen and oxygen atoms in total. The number of aromatic nitrogens is 3. The summed E-state index contributed by atoms with van der Waals surface area (Å²) in [4.78, 5) is 17.3. The molecule has 3 aromatic rings. The molecule has 1 aromatic carbocycles. The van der Waals surface area contributed by atoms with E-state index in [4.69, 9.17) is 22.1 Å². The predicted octanol–water partition coefficient (Wildman–Crippen LogP) is 3.60. The highest BCUT2D eigenvalue weighted by Crippen LogP contribution is 2.37. The van der Waals surface area contributed by atoms with Gasteiger partial charge in [0, 0.05) is 48.5 Å². The maximum atomic E-state index is 15.2. The molecule has 0 saturated carbocycles. The van der Waals surface area contributed by atoms with Crippen LogP contribution in [0.4, 0.5) is 15.0 Å². The van der Waals surface area contributed by atoms with Gasteiger partial charge in [0.05, 0.1) is 29.4 Å². The summed E-state index contributed by atoms with van der Waals surface area (Å²) in [6.07, 6.45) is 1.62. The molecule has 1 aliphatic heterocycles. The van der Waals surface area contributed by atoms with Crippen LogP contribution < -0.4 is 10.6 Å². The van der Waals surface area contributed by atoms with Gasteiger partial charge in [0.25, 0.3) is 0 Å². The average Bonchev–Trinajstić information content (AvgIpc) is 3.12. The minimum Gasteiger partial charge on any atom is -0.446 e. The van der Waals surface area contributed by atoms with Crippen LogP contribution >= 0.6 is 11.6 Å². The molecular formula is C23H24ClFN6O3. The first-order chi connectivity index (χ1) is 16.1. The SMILES string of the molecule is CC(C)(O)Cn1ncc2cc(-c3c(C#N)cc(N4CCC(OC(N)=O)CC4)nc3Cl)c(F)cc21. The fraction of sp³-hybridized carbons (Fsp3) is 0.391. The van der Waals surface area contributed by atoms with Gasteiger partial charge in [0.1, 0.15) is 29.0 Å². The Labute approximate surface area is 200 Å². The van der Waals surface area contributed by atoms with E-state index in [9.17, 15) is 15.2 Å². The Bertz CT molecular complexity index is 1290. The van der Waals surface area contributed by atoms with Crippen molar-refractivity contribution in [1.82, 2.24) is 14.8 Å². The molecule has 1 amide bonds. The van der Waals surface area contributed by atoms with E-state index >= 15 is 4.39 Å². The fourth-order valence-electron chi connectivity index (χ4n) is 4.16. The number of aliphatic hydroxyl groups is 1. The maximum Gasteiger partial charge on any atom is 0.404 e. The summed E-state index contributed by atoms with van der Waals surface area (Å²) in [6, 6.07) is 6.58. The summed E-state index contributed by atoms with van der Waals surface area (Å²) >= 11 is 6.48. The smallest absolute Gasteiger partial charge is 0.404 e. The third-order valence-corrected chi connectivity index (χ3v) is 5.94. The molecule has 4 rings (SSSR count). The molecular weight excluding hydrogens is 463 g/mol. The van der Waals surface area contributed by atoms with E-state index in [-0.39, 0.29) is 34.5 Å². The second-order valence-corrected chi connectivity index (χ2v) is 9.29. The molecule has 0 bridgehead atoms. The van der Waals surface area contributed by atoms with Gasteiger partial charge >= 0.3 is 6.09 Å². The summed E-state index contributed by atoms with van der Waals surface area (Å²) in [5, 5.41) is 24.8. The predicted molar refractivity (Wildman–Crippen MR) is 125 cm³/mol. The van der Waals surface area contributed by atoms with E-state index < -0.39 is 17.5 Å². The summed E-state index contributed by atoms with van der Waals surface area (Å²) < 4.78 is 21.8. The summed E-state index contributed by atoms with van der Waals surface area (Å²) in [5.41, 5.74) is 5.12. The van der Waals surface area contributed by atoms with Gasteiger partial charge in [-0.1, -0.05) is 11.6 Å². The molecule has 34 heavy (non-hydrogen) atoms. The van der Waals surface area contributed by atoms with Crippen molar-refractivity contribution < 1.29 is 19.0 Å². The molecule has 1 fully saturated rings.